The monoisotopic (exact) mass is 410 g/mol. The van der Waals surface area contributed by atoms with Gasteiger partial charge in [-0.15, -0.1) is 0 Å². The Morgan fingerprint density at radius 2 is 1.93 bits per heavy atom. The first-order valence-corrected chi connectivity index (χ1v) is 9.68. The molecule has 0 saturated carbocycles. The molecule has 10 heteroatoms. The average Bonchev–Trinajstić information content (AvgIpc) is 2.66. The number of benzene rings is 2. The van der Waals surface area contributed by atoms with Gasteiger partial charge in [0.25, 0.3) is 5.69 Å². The summed E-state index contributed by atoms with van der Waals surface area (Å²) in [6.45, 7) is -0.0469. The third-order valence-electron chi connectivity index (χ3n) is 4.40. The van der Waals surface area contributed by atoms with Crippen molar-refractivity contribution in [3.63, 3.8) is 0 Å². The van der Waals surface area contributed by atoms with Gasteiger partial charge in [0.2, 0.25) is 10.0 Å². The number of methoxy groups -OCH3 is 1. The normalized spacial score (nSPS) is 17.2. The van der Waals surface area contributed by atoms with Crippen molar-refractivity contribution in [3.8, 4) is 0 Å². The maximum Gasteiger partial charge on any atom is 0.324 e. The zero-order chi connectivity index (χ0) is 19.8. The van der Waals surface area contributed by atoms with E-state index >= 15 is 0 Å². The predicted octanol–water partition coefficient (Wildman–Crippen LogP) is 2.54. The lowest BCUT2D eigenvalue weighted by molar-refractivity contribution is -0.384. The van der Waals surface area contributed by atoms with Gasteiger partial charge in [-0.1, -0.05) is 35.9 Å². The van der Waals surface area contributed by atoms with Crippen LogP contribution in [0.1, 0.15) is 11.1 Å². The first-order valence-electron chi connectivity index (χ1n) is 7.86. The molecule has 1 atom stereocenters. The van der Waals surface area contributed by atoms with Crippen molar-refractivity contribution in [1.82, 2.24) is 4.31 Å². The summed E-state index contributed by atoms with van der Waals surface area (Å²) >= 11 is 5.77. The minimum atomic E-state index is -4.21. The van der Waals surface area contributed by atoms with Crippen LogP contribution in [0.15, 0.2) is 47.4 Å². The lowest BCUT2D eigenvalue weighted by Crippen LogP contribution is -2.49. The van der Waals surface area contributed by atoms with Crippen LogP contribution in [0, 0.1) is 10.1 Å². The van der Waals surface area contributed by atoms with Gasteiger partial charge in [-0.05, 0) is 23.3 Å². The highest BCUT2D eigenvalue weighted by Crippen LogP contribution is 2.33. The molecule has 27 heavy (non-hydrogen) atoms. The van der Waals surface area contributed by atoms with Crippen molar-refractivity contribution in [2.45, 2.75) is 23.9 Å². The molecule has 0 radical (unpaired) electrons. The summed E-state index contributed by atoms with van der Waals surface area (Å²) < 4.78 is 32.1. The Hall–Kier alpha value is -2.49. The Morgan fingerprint density at radius 3 is 2.56 bits per heavy atom. The molecule has 0 aromatic heterocycles. The molecule has 3 rings (SSSR count). The van der Waals surface area contributed by atoms with Gasteiger partial charge in [0.1, 0.15) is 11.1 Å². The van der Waals surface area contributed by atoms with Gasteiger partial charge >= 0.3 is 5.97 Å². The Bertz CT molecular complexity index is 1020. The number of hydrogen-bond acceptors (Lipinski definition) is 6. The number of fused-ring (bicyclic) bond motifs is 1. The van der Waals surface area contributed by atoms with Crippen LogP contribution >= 0.6 is 11.6 Å². The van der Waals surface area contributed by atoms with Crippen LogP contribution in [0.5, 0.6) is 0 Å². The second-order valence-electron chi connectivity index (χ2n) is 5.93. The molecule has 1 aliphatic rings. The predicted molar refractivity (Wildman–Crippen MR) is 96.8 cm³/mol. The van der Waals surface area contributed by atoms with Crippen molar-refractivity contribution in [3.05, 3.63) is 68.7 Å². The summed E-state index contributed by atoms with van der Waals surface area (Å²) in [5.41, 5.74) is 1.08. The summed E-state index contributed by atoms with van der Waals surface area (Å²) in [4.78, 5) is 22.3. The van der Waals surface area contributed by atoms with Crippen LogP contribution in [0.3, 0.4) is 0 Å². The molecule has 2 aromatic carbocycles. The highest BCUT2D eigenvalue weighted by molar-refractivity contribution is 7.89. The van der Waals surface area contributed by atoms with Crippen molar-refractivity contribution in [2.24, 2.45) is 0 Å². The van der Waals surface area contributed by atoms with Crippen LogP contribution in [-0.4, -0.2) is 36.8 Å². The summed E-state index contributed by atoms with van der Waals surface area (Å²) in [5.74, 6) is -0.698. The second-order valence-corrected chi connectivity index (χ2v) is 8.23. The van der Waals surface area contributed by atoms with Crippen molar-refractivity contribution in [1.29, 1.82) is 0 Å². The molecular weight excluding hydrogens is 396 g/mol. The van der Waals surface area contributed by atoms with Crippen molar-refractivity contribution in [2.75, 3.05) is 7.11 Å². The maximum atomic E-state index is 13.2. The molecule has 1 heterocycles. The highest BCUT2D eigenvalue weighted by atomic mass is 35.5. The van der Waals surface area contributed by atoms with Gasteiger partial charge in [0.15, 0.2) is 0 Å². The van der Waals surface area contributed by atoms with Gasteiger partial charge in [0, 0.05) is 19.0 Å². The van der Waals surface area contributed by atoms with Gasteiger partial charge in [-0.3, -0.25) is 14.9 Å². The number of hydrogen-bond donors (Lipinski definition) is 0. The first-order chi connectivity index (χ1) is 12.8. The fourth-order valence-corrected chi connectivity index (χ4v) is 4.78. The number of carbonyl (C=O) groups excluding carboxylic acids is 1. The maximum absolute atomic E-state index is 13.2. The number of nitrogens with zero attached hydrogens (tertiary/aromatic N) is 2. The molecule has 0 fully saturated rings. The number of ether oxygens (including phenoxy) is 1. The fraction of sp³-hybridized carbons (Fsp3) is 0.235. The molecule has 8 nitrogen and oxygen atoms in total. The van der Waals surface area contributed by atoms with E-state index in [0.717, 1.165) is 27.6 Å². The number of halogens is 1. The minimum absolute atomic E-state index is 0.0469. The van der Waals surface area contributed by atoms with E-state index in [1.165, 1.54) is 13.2 Å². The van der Waals surface area contributed by atoms with E-state index < -0.39 is 32.6 Å². The first kappa shape index (κ1) is 19.3. The fourth-order valence-electron chi connectivity index (χ4n) is 3.02. The molecule has 0 spiro atoms. The standard InChI is InChI=1S/C17H15ClN2O6S/c1-26-17(21)16-8-11-4-2-3-5-12(11)10-19(16)27(24,25)13-6-7-14(18)15(9-13)20(22)23/h2-7,9,16H,8,10H2,1H3/t16-/m1/s1. The van der Waals surface area contributed by atoms with Crippen molar-refractivity contribution >= 4 is 33.3 Å². The smallest absolute Gasteiger partial charge is 0.324 e. The molecule has 0 bridgehead atoms. The van der Waals surface area contributed by atoms with E-state index in [1.807, 2.05) is 6.07 Å². The number of rotatable bonds is 4. The van der Waals surface area contributed by atoms with Gasteiger partial charge in [-0.2, -0.15) is 4.31 Å². The number of esters is 1. The summed E-state index contributed by atoms with van der Waals surface area (Å²) in [5, 5.41) is 10.9. The van der Waals surface area contributed by atoms with Crippen LogP contribution in [0.4, 0.5) is 5.69 Å². The van der Waals surface area contributed by atoms with Gasteiger partial charge < -0.3 is 4.74 Å². The largest absolute Gasteiger partial charge is 0.468 e. The lowest BCUT2D eigenvalue weighted by atomic mass is 9.96. The number of nitro benzene ring substituents is 1. The van der Waals surface area contributed by atoms with Gasteiger partial charge in [-0.25, -0.2) is 8.42 Å². The Labute approximate surface area is 160 Å². The highest BCUT2D eigenvalue weighted by Gasteiger charge is 2.40. The zero-order valence-electron chi connectivity index (χ0n) is 14.2. The molecule has 0 unspecified atom stereocenters. The van der Waals surface area contributed by atoms with E-state index in [4.69, 9.17) is 16.3 Å². The molecule has 142 valence electrons. The molecule has 0 saturated heterocycles. The Morgan fingerprint density at radius 1 is 1.26 bits per heavy atom. The topological polar surface area (TPSA) is 107 Å². The lowest BCUT2D eigenvalue weighted by Gasteiger charge is -2.34. The molecule has 2 aromatic rings. The summed E-state index contributed by atoms with van der Waals surface area (Å²) in [6, 6.07) is 9.33. The van der Waals surface area contributed by atoms with Gasteiger partial charge in [0.05, 0.1) is 16.9 Å². The second kappa shape index (κ2) is 7.26. The third-order valence-corrected chi connectivity index (χ3v) is 6.57. The molecule has 0 aliphatic carbocycles. The molecule has 0 N–H and O–H groups in total. The number of carbonyl (C=O) groups is 1. The van der Waals surface area contributed by atoms with E-state index in [0.29, 0.717) is 0 Å². The number of sulfonamides is 1. The van der Waals surface area contributed by atoms with Crippen LogP contribution in [0.2, 0.25) is 5.02 Å². The van der Waals surface area contributed by atoms with Crippen LogP contribution in [0.25, 0.3) is 0 Å². The van der Waals surface area contributed by atoms with Crippen LogP contribution < -0.4 is 0 Å². The zero-order valence-corrected chi connectivity index (χ0v) is 15.7. The molecule has 1 aliphatic heterocycles. The quantitative estimate of drug-likeness (QED) is 0.435. The van der Waals surface area contributed by atoms with E-state index in [1.54, 1.807) is 18.2 Å². The third kappa shape index (κ3) is 3.53. The van der Waals surface area contributed by atoms with Crippen molar-refractivity contribution < 1.29 is 22.9 Å². The minimum Gasteiger partial charge on any atom is -0.468 e. The average molecular weight is 411 g/mol. The summed E-state index contributed by atoms with van der Waals surface area (Å²) in [6.07, 6.45) is 0.151. The Kier molecular flexibility index (Phi) is 5.18. The molecular formula is C17H15ClN2O6S. The Balaban J connectivity index is 2.10. The van der Waals surface area contributed by atoms with E-state index in [2.05, 4.69) is 0 Å². The number of nitro groups is 1. The SMILES string of the molecule is COC(=O)[C@H]1Cc2ccccc2CN1S(=O)(=O)c1ccc(Cl)c([N+](=O)[O-])c1. The summed E-state index contributed by atoms with van der Waals surface area (Å²) in [7, 11) is -3.03. The van der Waals surface area contributed by atoms with E-state index in [9.17, 15) is 23.3 Å². The molecule has 0 amide bonds. The van der Waals surface area contributed by atoms with Crippen LogP contribution in [-0.2, 0) is 32.5 Å². The van der Waals surface area contributed by atoms with E-state index in [-0.39, 0.29) is 22.9 Å².